The second kappa shape index (κ2) is 3.50. The molecule has 1 aromatic rings. The normalized spacial score (nSPS) is 11.7. The van der Waals surface area contributed by atoms with Crippen LogP contribution in [0, 0.1) is 6.92 Å². The number of hydrogen-bond donors (Lipinski definition) is 2. The fourth-order valence-electron chi connectivity index (χ4n) is 0.993. The molecule has 0 amide bonds. The first-order valence-electron chi connectivity index (χ1n) is 3.43. The minimum atomic E-state index is -3.68. The van der Waals surface area contributed by atoms with Crippen LogP contribution in [0.25, 0.3) is 0 Å². The Kier molecular flexibility index (Phi) is 2.81. The average Bonchev–Trinajstić information content (AvgIpc) is 2.05. The molecule has 0 unspecified atom stereocenters. The highest BCUT2D eigenvalue weighted by molar-refractivity contribution is 6.75. The van der Waals surface area contributed by atoms with Crippen LogP contribution in [0.3, 0.4) is 0 Å². The third-order valence-electron chi connectivity index (χ3n) is 1.64. The first-order chi connectivity index (χ1) is 5.58. The topological polar surface area (TPSA) is 49.7 Å². The Hall–Kier alpha value is -0.466. The van der Waals surface area contributed by atoms with Crippen molar-refractivity contribution >= 4 is 24.5 Å². The van der Waals surface area contributed by atoms with Crippen LogP contribution in [0.1, 0.15) is 5.56 Å². The van der Waals surface area contributed by atoms with Gasteiger partial charge in [-0.15, -0.1) is 0 Å². The van der Waals surface area contributed by atoms with Gasteiger partial charge in [0, 0.05) is 5.19 Å². The molecule has 0 spiro atoms. The van der Waals surface area contributed by atoms with Gasteiger partial charge >= 0.3 is 8.80 Å². The van der Waals surface area contributed by atoms with Crippen molar-refractivity contribution in [3.8, 4) is 0 Å². The molecule has 63 valence electrons. The predicted octanol–water partition coefficient (Wildman–Crippen LogP) is -0.774. The van der Waals surface area contributed by atoms with E-state index in [0.717, 1.165) is 5.56 Å². The minimum Gasteiger partial charge on any atom is -0.412 e. The fraction of sp³-hybridized carbons (Fsp3) is 0.143. The molecule has 0 aliphatic carbocycles. The summed E-state index contributed by atoms with van der Waals surface area (Å²) in [5, 5.41) is 0.458. The second-order valence-corrected chi connectivity index (χ2v) is 5.10. The molecule has 0 saturated carbocycles. The molecule has 5 heteroatoms. The van der Waals surface area contributed by atoms with Gasteiger partial charge in [-0.2, -0.15) is 0 Å². The molecule has 3 nitrogen and oxygen atoms in total. The van der Waals surface area contributed by atoms with E-state index in [-0.39, 0.29) is 0 Å². The van der Waals surface area contributed by atoms with Gasteiger partial charge in [0.15, 0.2) is 0 Å². The van der Waals surface area contributed by atoms with Crippen molar-refractivity contribution < 1.29 is 13.7 Å². The van der Waals surface area contributed by atoms with Crippen LogP contribution in [-0.2, 0) is 4.12 Å². The van der Waals surface area contributed by atoms with Crippen LogP contribution in [0.5, 0.6) is 0 Å². The first kappa shape index (κ1) is 9.62. The molecule has 12 heavy (non-hydrogen) atoms. The van der Waals surface area contributed by atoms with Gasteiger partial charge in [0.2, 0.25) is 10.5 Å². The summed E-state index contributed by atoms with van der Waals surface area (Å²) in [5.74, 6) is 0. The number of benzene rings is 1. The third-order valence-corrected chi connectivity index (χ3v) is 4.04. The van der Waals surface area contributed by atoms with Crippen LogP contribution < -0.4 is 5.19 Å². The molecular weight excluding hydrogens is 188 g/mol. The van der Waals surface area contributed by atoms with Crippen molar-refractivity contribution in [3.63, 3.8) is 0 Å². The lowest BCUT2D eigenvalue weighted by atomic mass is 10.2. The van der Waals surface area contributed by atoms with Crippen molar-refractivity contribution in [2.75, 3.05) is 0 Å². The molecule has 1 aromatic carbocycles. The highest BCUT2D eigenvalue weighted by Gasteiger charge is 2.34. The van der Waals surface area contributed by atoms with E-state index in [0.29, 0.717) is 5.19 Å². The van der Waals surface area contributed by atoms with Gasteiger partial charge in [-0.05, 0) is 12.5 Å². The van der Waals surface area contributed by atoms with E-state index in [1.54, 1.807) is 25.1 Å². The lowest BCUT2D eigenvalue weighted by Crippen LogP contribution is -2.52. The molecule has 0 fully saturated rings. The maximum absolute atomic E-state index is 9.40. The van der Waals surface area contributed by atoms with Gasteiger partial charge < -0.3 is 13.7 Å². The molecule has 0 saturated heterocycles. The van der Waals surface area contributed by atoms with E-state index in [1.807, 2.05) is 6.07 Å². The highest BCUT2D eigenvalue weighted by atomic mass is 28.4. The van der Waals surface area contributed by atoms with Crippen molar-refractivity contribution in [1.82, 2.24) is 0 Å². The summed E-state index contributed by atoms with van der Waals surface area (Å²) in [4.78, 5) is 18.8. The Morgan fingerprint density at radius 2 is 1.92 bits per heavy atom. The smallest absolute Gasteiger partial charge is 0.412 e. The number of aryl methyl sites for hydroxylation is 1. The van der Waals surface area contributed by atoms with E-state index < -0.39 is 8.80 Å². The Morgan fingerprint density at radius 1 is 1.33 bits per heavy atom. The molecule has 0 atom stereocenters. The molecule has 3 radical (unpaired) electrons. The Morgan fingerprint density at radius 3 is 2.42 bits per heavy atom. The molecule has 0 bridgehead atoms. The zero-order valence-corrected chi connectivity index (χ0v) is 8.61. The van der Waals surface area contributed by atoms with Gasteiger partial charge in [-0.3, -0.25) is 0 Å². The first-order valence-corrected chi connectivity index (χ1v) is 5.64. The maximum atomic E-state index is 9.40. The Balaban J connectivity index is 3.10. The highest BCUT2D eigenvalue weighted by Crippen LogP contribution is 2.00. The van der Waals surface area contributed by atoms with Gasteiger partial charge in [0.1, 0.15) is 0 Å². The van der Waals surface area contributed by atoms with E-state index in [1.165, 1.54) is 0 Å². The zero-order valence-electron chi connectivity index (χ0n) is 6.61. The summed E-state index contributed by atoms with van der Waals surface area (Å²) in [6.45, 7) is 1.80. The quantitative estimate of drug-likeness (QED) is 0.612. The van der Waals surface area contributed by atoms with Gasteiger partial charge in [-0.25, -0.2) is 0 Å². The van der Waals surface area contributed by atoms with Crippen molar-refractivity contribution in [1.29, 1.82) is 0 Å². The fourth-order valence-corrected chi connectivity index (χ4v) is 2.34. The van der Waals surface area contributed by atoms with Crippen LogP contribution in [0.4, 0.5) is 0 Å². The molecule has 0 aromatic heterocycles. The molecule has 0 heterocycles. The Labute approximate surface area is 75.5 Å². The van der Waals surface area contributed by atoms with Gasteiger partial charge in [-0.1, -0.05) is 24.3 Å². The second-order valence-electron chi connectivity index (χ2n) is 2.53. The summed E-state index contributed by atoms with van der Waals surface area (Å²) < 4.78 is 4.46. The summed E-state index contributed by atoms with van der Waals surface area (Å²) >= 11 is 0. The lowest BCUT2D eigenvalue weighted by molar-refractivity contribution is 0.270. The molecule has 0 aliphatic heterocycles. The summed E-state index contributed by atoms with van der Waals surface area (Å²) in [7, 11) is -1.03. The van der Waals surface area contributed by atoms with Crippen molar-refractivity contribution in [2.24, 2.45) is 0 Å². The van der Waals surface area contributed by atoms with Crippen molar-refractivity contribution in [3.05, 3.63) is 29.8 Å². The third kappa shape index (κ3) is 1.82. The number of hydrogen-bond acceptors (Lipinski definition) is 3. The molecule has 0 aliphatic rings. The van der Waals surface area contributed by atoms with E-state index in [9.17, 15) is 9.59 Å². The Bertz CT molecular complexity index is 275. The van der Waals surface area contributed by atoms with Crippen LogP contribution in [0.2, 0.25) is 0 Å². The number of rotatable bonds is 2. The zero-order chi connectivity index (χ0) is 9.19. The van der Waals surface area contributed by atoms with Gasteiger partial charge in [0.05, 0.1) is 0 Å². The maximum Gasteiger partial charge on any atom is 0.521 e. The monoisotopic (exact) mass is 197 g/mol. The van der Waals surface area contributed by atoms with Crippen LogP contribution in [0.15, 0.2) is 24.3 Å². The van der Waals surface area contributed by atoms with Crippen LogP contribution in [-0.4, -0.2) is 28.9 Å². The van der Waals surface area contributed by atoms with Crippen molar-refractivity contribution in [2.45, 2.75) is 6.92 Å². The average molecular weight is 197 g/mol. The molecule has 2 N–H and O–H groups in total. The van der Waals surface area contributed by atoms with Crippen LogP contribution >= 0.6 is 0 Å². The largest absolute Gasteiger partial charge is 0.521 e. The molecule has 1 rings (SSSR count). The lowest BCUT2D eigenvalue weighted by Gasteiger charge is -2.16. The van der Waals surface area contributed by atoms with E-state index >= 15 is 0 Å². The predicted molar refractivity (Wildman–Crippen MR) is 47.8 cm³/mol. The standard InChI is InChI=1S/C7H9O3Si2/c1-6-4-2-3-5-7(6)12(8,9)10-11/h2-5,8-9H,1H3. The summed E-state index contributed by atoms with van der Waals surface area (Å²) in [6, 6.07) is 7.01. The SMILES string of the molecule is Cc1ccccc1[Si](O)(O)O[Si]. The molecular formula is C7H9O3Si2. The summed E-state index contributed by atoms with van der Waals surface area (Å²) in [6.07, 6.45) is 0. The van der Waals surface area contributed by atoms with E-state index in [2.05, 4.69) is 14.6 Å². The minimum absolute atomic E-state index is 0.458. The van der Waals surface area contributed by atoms with E-state index in [4.69, 9.17) is 0 Å². The summed E-state index contributed by atoms with van der Waals surface area (Å²) in [5.41, 5.74) is 0.812. The van der Waals surface area contributed by atoms with Gasteiger partial charge in [0.25, 0.3) is 0 Å².